The Hall–Kier alpha value is -2.33. The predicted octanol–water partition coefficient (Wildman–Crippen LogP) is 3.58. The Bertz CT molecular complexity index is 631. The molecule has 1 fully saturated rings. The lowest BCUT2D eigenvalue weighted by molar-refractivity contribution is 0.123. The minimum absolute atomic E-state index is 0.158. The van der Waals surface area contributed by atoms with E-state index in [9.17, 15) is 4.79 Å². The number of nitrogens with zero attached hydrogens (tertiary/aromatic N) is 1. The first-order valence-corrected chi connectivity index (χ1v) is 8.53. The minimum Gasteiger partial charge on any atom is -0.445 e. The Balaban J connectivity index is 1.44. The van der Waals surface area contributed by atoms with Crippen LogP contribution in [0.2, 0.25) is 0 Å². The molecule has 4 heteroatoms. The molecule has 0 aromatic heterocycles. The van der Waals surface area contributed by atoms with Crippen molar-refractivity contribution in [1.82, 2.24) is 10.2 Å². The van der Waals surface area contributed by atoms with Crippen molar-refractivity contribution < 1.29 is 9.53 Å². The van der Waals surface area contributed by atoms with Gasteiger partial charge in [0.1, 0.15) is 6.61 Å². The van der Waals surface area contributed by atoms with Crippen molar-refractivity contribution in [3.05, 3.63) is 71.8 Å². The second-order valence-corrected chi connectivity index (χ2v) is 6.27. The van der Waals surface area contributed by atoms with E-state index in [0.717, 1.165) is 38.0 Å². The first-order valence-electron chi connectivity index (χ1n) is 8.53. The second kappa shape index (κ2) is 8.50. The van der Waals surface area contributed by atoms with Crippen LogP contribution < -0.4 is 5.32 Å². The molecule has 4 nitrogen and oxygen atoms in total. The Kier molecular flexibility index (Phi) is 5.85. The van der Waals surface area contributed by atoms with Crippen molar-refractivity contribution in [1.29, 1.82) is 0 Å². The summed E-state index contributed by atoms with van der Waals surface area (Å²) in [5.41, 5.74) is 2.31. The second-order valence-electron chi connectivity index (χ2n) is 6.27. The van der Waals surface area contributed by atoms with Crippen LogP contribution in [0, 0.1) is 0 Å². The van der Waals surface area contributed by atoms with Gasteiger partial charge in [-0.15, -0.1) is 0 Å². The molecular formula is C20H24N2O2. The van der Waals surface area contributed by atoms with Gasteiger partial charge in [-0.2, -0.15) is 0 Å². The van der Waals surface area contributed by atoms with Gasteiger partial charge in [0, 0.05) is 19.1 Å². The van der Waals surface area contributed by atoms with Gasteiger partial charge < -0.3 is 10.1 Å². The van der Waals surface area contributed by atoms with Crippen LogP contribution in [-0.2, 0) is 17.9 Å². The number of amides is 1. The quantitative estimate of drug-likeness (QED) is 0.914. The molecule has 2 aromatic carbocycles. The molecule has 0 spiro atoms. The summed E-state index contributed by atoms with van der Waals surface area (Å²) < 4.78 is 5.32. The number of hydrogen-bond acceptors (Lipinski definition) is 3. The molecule has 3 rings (SSSR count). The number of likely N-dealkylation sites (tertiary alicyclic amines) is 1. The van der Waals surface area contributed by atoms with Crippen molar-refractivity contribution in [3.63, 3.8) is 0 Å². The van der Waals surface area contributed by atoms with Crippen molar-refractivity contribution in [2.75, 3.05) is 13.1 Å². The normalized spacial score (nSPS) is 18.1. The zero-order valence-electron chi connectivity index (χ0n) is 13.9. The van der Waals surface area contributed by atoms with Gasteiger partial charge in [-0.3, -0.25) is 4.90 Å². The van der Waals surface area contributed by atoms with E-state index in [-0.39, 0.29) is 12.1 Å². The number of carbonyl (C=O) groups is 1. The maximum absolute atomic E-state index is 12.0. The highest BCUT2D eigenvalue weighted by Crippen LogP contribution is 2.14. The van der Waals surface area contributed by atoms with Gasteiger partial charge in [-0.05, 0) is 30.5 Å². The molecule has 1 heterocycles. The molecule has 1 aliphatic rings. The molecular weight excluding hydrogens is 300 g/mol. The van der Waals surface area contributed by atoms with Crippen LogP contribution in [-0.4, -0.2) is 30.1 Å². The van der Waals surface area contributed by atoms with Crippen LogP contribution in [0.3, 0.4) is 0 Å². The number of ether oxygens (including phenoxy) is 1. The van der Waals surface area contributed by atoms with E-state index >= 15 is 0 Å². The molecule has 1 unspecified atom stereocenters. The molecule has 0 aliphatic carbocycles. The molecule has 2 aromatic rings. The Morgan fingerprint density at radius 1 is 1.04 bits per heavy atom. The van der Waals surface area contributed by atoms with Crippen LogP contribution in [0.4, 0.5) is 4.79 Å². The third-order valence-electron chi connectivity index (χ3n) is 4.29. The van der Waals surface area contributed by atoms with Crippen LogP contribution in [0.15, 0.2) is 60.7 Å². The third kappa shape index (κ3) is 5.10. The molecule has 0 radical (unpaired) electrons. The number of piperidine rings is 1. The van der Waals surface area contributed by atoms with Crippen LogP contribution in [0.5, 0.6) is 0 Å². The van der Waals surface area contributed by atoms with Gasteiger partial charge in [0.25, 0.3) is 0 Å². The average Bonchev–Trinajstić information content (AvgIpc) is 2.62. The lowest BCUT2D eigenvalue weighted by Crippen LogP contribution is -2.47. The Labute approximate surface area is 143 Å². The zero-order valence-corrected chi connectivity index (χ0v) is 13.9. The highest BCUT2D eigenvalue weighted by atomic mass is 16.5. The van der Waals surface area contributed by atoms with Crippen LogP contribution >= 0.6 is 0 Å². The van der Waals surface area contributed by atoms with Gasteiger partial charge in [-0.1, -0.05) is 60.7 Å². The molecule has 1 saturated heterocycles. The first-order chi connectivity index (χ1) is 11.8. The standard InChI is InChI=1S/C20H24N2O2/c23-20(24-16-18-10-5-2-6-11-18)21-19-12-7-13-22(15-19)14-17-8-3-1-4-9-17/h1-6,8-11,19H,7,12-16H2,(H,21,23). The molecule has 1 N–H and O–H groups in total. The maximum atomic E-state index is 12.0. The predicted molar refractivity (Wildman–Crippen MR) is 94.5 cm³/mol. The fourth-order valence-electron chi connectivity index (χ4n) is 3.09. The van der Waals surface area contributed by atoms with E-state index in [1.807, 2.05) is 36.4 Å². The summed E-state index contributed by atoms with van der Waals surface area (Å²) in [6, 6.07) is 20.4. The molecule has 1 aliphatic heterocycles. The van der Waals surface area contributed by atoms with E-state index in [2.05, 4.69) is 34.5 Å². The lowest BCUT2D eigenvalue weighted by Gasteiger charge is -2.32. The zero-order chi connectivity index (χ0) is 16.6. The summed E-state index contributed by atoms with van der Waals surface area (Å²) in [7, 11) is 0. The largest absolute Gasteiger partial charge is 0.445 e. The Morgan fingerprint density at radius 2 is 1.71 bits per heavy atom. The fourth-order valence-corrected chi connectivity index (χ4v) is 3.09. The summed E-state index contributed by atoms with van der Waals surface area (Å²) in [4.78, 5) is 14.4. The van der Waals surface area contributed by atoms with E-state index in [4.69, 9.17) is 4.74 Å². The number of nitrogens with one attached hydrogen (secondary N) is 1. The lowest BCUT2D eigenvalue weighted by atomic mass is 10.0. The van der Waals surface area contributed by atoms with Gasteiger partial charge in [0.2, 0.25) is 0 Å². The molecule has 24 heavy (non-hydrogen) atoms. The SMILES string of the molecule is O=C(NC1CCCN(Cc2ccccc2)C1)OCc1ccccc1. The summed E-state index contributed by atoms with van der Waals surface area (Å²) in [5.74, 6) is 0. The van der Waals surface area contributed by atoms with E-state index in [0.29, 0.717) is 6.61 Å². The summed E-state index contributed by atoms with van der Waals surface area (Å²) in [6.45, 7) is 3.19. The molecule has 0 bridgehead atoms. The van der Waals surface area contributed by atoms with Crippen molar-refractivity contribution in [2.24, 2.45) is 0 Å². The van der Waals surface area contributed by atoms with Gasteiger partial charge in [0.15, 0.2) is 0 Å². The Morgan fingerprint density at radius 3 is 2.42 bits per heavy atom. The highest BCUT2D eigenvalue weighted by molar-refractivity contribution is 5.67. The topological polar surface area (TPSA) is 41.6 Å². The van der Waals surface area contributed by atoms with Gasteiger partial charge >= 0.3 is 6.09 Å². The molecule has 0 saturated carbocycles. The maximum Gasteiger partial charge on any atom is 0.407 e. The number of alkyl carbamates (subject to hydrolysis) is 1. The van der Waals surface area contributed by atoms with Crippen molar-refractivity contribution >= 4 is 6.09 Å². The number of hydrogen-bond donors (Lipinski definition) is 1. The smallest absolute Gasteiger partial charge is 0.407 e. The highest BCUT2D eigenvalue weighted by Gasteiger charge is 2.21. The van der Waals surface area contributed by atoms with E-state index in [1.54, 1.807) is 0 Å². The monoisotopic (exact) mass is 324 g/mol. The average molecular weight is 324 g/mol. The third-order valence-corrected chi connectivity index (χ3v) is 4.29. The number of rotatable bonds is 5. The van der Waals surface area contributed by atoms with Crippen molar-refractivity contribution in [3.8, 4) is 0 Å². The fraction of sp³-hybridized carbons (Fsp3) is 0.350. The molecule has 1 atom stereocenters. The minimum atomic E-state index is -0.328. The molecule has 126 valence electrons. The number of carbonyl (C=O) groups excluding carboxylic acids is 1. The van der Waals surface area contributed by atoms with Crippen LogP contribution in [0.1, 0.15) is 24.0 Å². The van der Waals surface area contributed by atoms with Crippen molar-refractivity contribution in [2.45, 2.75) is 32.0 Å². The summed E-state index contributed by atoms with van der Waals surface area (Å²) in [5, 5.41) is 3.00. The first kappa shape index (κ1) is 16.5. The van der Waals surface area contributed by atoms with Gasteiger partial charge in [0.05, 0.1) is 0 Å². The summed E-state index contributed by atoms with van der Waals surface area (Å²) >= 11 is 0. The van der Waals surface area contributed by atoms with Crippen LogP contribution in [0.25, 0.3) is 0 Å². The van der Waals surface area contributed by atoms with E-state index < -0.39 is 0 Å². The van der Waals surface area contributed by atoms with Gasteiger partial charge in [-0.25, -0.2) is 4.79 Å². The summed E-state index contributed by atoms with van der Waals surface area (Å²) in [6.07, 6.45) is 1.77. The van der Waals surface area contributed by atoms with E-state index in [1.165, 1.54) is 5.56 Å². The molecule has 1 amide bonds. The number of benzene rings is 2.